The summed E-state index contributed by atoms with van der Waals surface area (Å²) >= 11 is 0. The molecule has 0 aliphatic carbocycles. The van der Waals surface area contributed by atoms with Gasteiger partial charge in [0.15, 0.2) is 12.2 Å². The van der Waals surface area contributed by atoms with E-state index in [1.54, 1.807) is 0 Å². The first-order valence-corrected chi connectivity index (χ1v) is 44.7. The maximum absolute atomic E-state index is 13.1. The number of carbonyl (C=O) groups excluding carboxylic acids is 4. The van der Waals surface area contributed by atoms with Crippen LogP contribution in [0.1, 0.15) is 415 Å². The summed E-state index contributed by atoms with van der Waals surface area (Å²) in [7, 11) is -9.92. The van der Waals surface area contributed by atoms with Crippen molar-refractivity contribution in [3.05, 3.63) is 0 Å². The van der Waals surface area contributed by atoms with Crippen molar-refractivity contribution in [2.45, 2.75) is 433 Å². The maximum Gasteiger partial charge on any atom is 0.472 e. The molecular weight excluding hydrogens is 1310 g/mol. The SMILES string of the molecule is CCC(C)CCCCCCCCCCCCCCCCCCCCC(=O)O[C@H](COC(=O)CCCCCCCCC(C)C)COP(=O)(O)OC[C@H](O)COP(=O)(O)OC[C@@H](COC(=O)CCCCCCCCCCCC(C)C)OC(=O)CCCCCCCCCCCCCCCCC(C)C. The van der Waals surface area contributed by atoms with Crippen molar-refractivity contribution in [1.82, 2.24) is 0 Å². The molecule has 0 aliphatic heterocycles. The summed E-state index contributed by atoms with van der Waals surface area (Å²) in [5.41, 5.74) is 0. The zero-order chi connectivity index (χ0) is 73.8. The van der Waals surface area contributed by atoms with Crippen LogP contribution in [-0.2, 0) is 65.4 Å². The Morgan fingerprint density at radius 2 is 0.480 bits per heavy atom. The zero-order valence-electron chi connectivity index (χ0n) is 65.8. The van der Waals surface area contributed by atoms with Gasteiger partial charge >= 0.3 is 39.5 Å². The number of esters is 4. The molecule has 6 atom stereocenters. The molecule has 0 amide bonds. The van der Waals surface area contributed by atoms with Crippen molar-refractivity contribution in [2.24, 2.45) is 23.7 Å². The summed E-state index contributed by atoms with van der Waals surface area (Å²) in [6.45, 7) is 14.2. The molecule has 17 nitrogen and oxygen atoms in total. The van der Waals surface area contributed by atoms with Crippen LogP contribution in [-0.4, -0.2) is 96.7 Å². The molecule has 0 aromatic heterocycles. The summed E-state index contributed by atoms with van der Waals surface area (Å²) < 4.78 is 68.6. The van der Waals surface area contributed by atoms with Gasteiger partial charge in [-0.15, -0.1) is 0 Å². The van der Waals surface area contributed by atoms with Gasteiger partial charge in [0.25, 0.3) is 0 Å². The van der Waals surface area contributed by atoms with Crippen LogP contribution in [0.4, 0.5) is 0 Å². The van der Waals surface area contributed by atoms with Gasteiger partial charge in [-0.25, -0.2) is 9.13 Å². The molecule has 3 N–H and O–H groups in total. The van der Waals surface area contributed by atoms with Gasteiger partial charge in [0.05, 0.1) is 26.4 Å². The molecule has 0 saturated heterocycles. The summed E-state index contributed by atoms with van der Waals surface area (Å²) in [5, 5.41) is 10.6. The van der Waals surface area contributed by atoms with Gasteiger partial charge in [-0.3, -0.25) is 37.3 Å². The van der Waals surface area contributed by atoms with Crippen molar-refractivity contribution in [2.75, 3.05) is 39.6 Å². The Bertz CT molecular complexity index is 1960. The highest BCUT2D eigenvalue weighted by Gasteiger charge is 2.30. The minimum Gasteiger partial charge on any atom is -0.462 e. The molecule has 0 heterocycles. The van der Waals surface area contributed by atoms with Crippen LogP contribution in [0, 0.1) is 23.7 Å². The van der Waals surface area contributed by atoms with Crippen molar-refractivity contribution in [1.29, 1.82) is 0 Å². The molecule has 0 fully saturated rings. The van der Waals surface area contributed by atoms with Crippen molar-refractivity contribution in [3.63, 3.8) is 0 Å². The predicted molar refractivity (Wildman–Crippen MR) is 409 cm³/mol. The summed E-state index contributed by atoms with van der Waals surface area (Å²) in [6, 6.07) is 0. The van der Waals surface area contributed by atoms with E-state index in [1.807, 2.05) is 0 Å². The van der Waals surface area contributed by atoms with E-state index < -0.39 is 97.5 Å². The molecule has 0 bridgehead atoms. The molecule has 594 valence electrons. The highest BCUT2D eigenvalue weighted by atomic mass is 31.2. The lowest BCUT2D eigenvalue weighted by Gasteiger charge is -2.21. The number of aliphatic hydroxyl groups excluding tert-OH is 1. The van der Waals surface area contributed by atoms with Crippen LogP contribution in [0.25, 0.3) is 0 Å². The summed E-state index contributed by atoms with van der Waals surface area (Å²) in [5.74, 6) is 0.972. The van der Waals surface area contributed by atoms with Gasteiger partial charge in [-0.1, -0.05) is 364 Å². The molecule has 0 aromatic carbocycles. The third kappa shape index (κ3) is 73.0. The monoisotopic (exact) mass is 1470 g/mol. The number of ether oxygens (including phenoxy) is 4. The van der Waals surface area contributed by atoms with Gasteiger partial charge in [0.1, 0.15) is 19.3 Å². The summed E-state index contributed by atoms with van der Waals surface area (Å²) in [6.07, 6.45) is 57.1. The minimum atomic E-state index is -4.96. The number of unbranched alkanes of at least 4 members (excludes halogenated alkanes) is 43. The fraction of sp³-hybridized carbons (Fsp3) is 0.951. The van der Waals surface area contributed by atoms with Crippen LogP contribution in [0.15, 0.2) is 0 Å². The van der Waals surface area contributed by atoms with Gasteiger partial charge in [-0.05, 0) is 49.4 Å². The standard InChI is InChI=1S/C81H158O17P2/c1-9-74(8)60-52-44-35-29-23-19-14-12-10-11-13-15-20-24-30-37-47-55-64-81(86)98-77(68-92-79(84)62-54-46-40-39-43-51-59-73(6)7)70-96-100(89,90)94-66-75(82)65-93-99(87,88)95-69-76(67-91-78(83)61-53-45-36-32-26-28-34-42-50-58-72(4)5)97-80(85)63-56-48-38-31-25-21-17-16-18-22-27-33-41-49-57-71(2)3/h71-77,82H,9-70H2,1-8H3,(H,87,88)(H,89,90)/t74?,75-,76-,77-/m1/s1. The molecule has 100 heavy (non-hydrogen) atoms. The third-order valence-electron chi connectivity index (χ3n) is 19.2. The van der Waals surface area contributed by atoms with E-state index in [9.17, 15) is 43.2 Å². The van der Waals surface area contributed by atoms with Gasteiger partial charge in [0, 0.05) is 25.7 Å². The number of aliphatic hydroxyl groups is 1. The predicted octanol–water partition coefficient (Wildman–Crippen LogP) is 24.0. The normalized spacial score (nSPS) is 14.3. The Labute approximate surface area is 613 Å². The first-order chi connectivity index (χ1) is 48.1. The van der Waals surface area contributed by atoms with Gasteiger partial charge in [-0.2, -0.15) is 0 Å². The lowest BCUT2D eigenvalue weighted by Crippen LogP contribution is -2.30. The Hall–Kier alpha value is -1.94. The topological polar surface area (TPSA) is 237 Å². The minimum absolute atomic E-state index is 0.107. The van der Waals surface area contributed by atoms with Crippen LogP contribution < -0.4 is 0 Å². The Balaban J connectivity index is 5.17. The lowest BCUT2D eigenvalue weighted by atomic mass is 9.99. The number of hydrogen-bond donors (Lipinski definition) is 3. The van der Waals surface area contributed by atoms with Crippen LogP contribution >= 0.6 is 15.6 Å². The molecule has 0 saturated carbocycles. The number of rotatable bonds is 78. The first kappa shape index (κ1) is 98.1. The van der Waals surface area contributed by atoms with Gasteiger partial charge < -0.3 is 33.8 Å². The zero-order valence-corrected chi connectivity index (χ0v) is 67.6. The average Bonchev–Trinajstić information content (AvgIpc) is 0.947. The van der Waals surface area contributed by atoms with E-state index in [1.165, 1.54) is 212 Å². The smallest absolute Gasteiger partial charge is 0.462 e. The van der Waals surface area contributed by atoms with Crippen molar-refractivity contribution >= 4 is 39.5 Å². The lowest BCUT2D eigenvalue weighted by molar-refractivity contribution is -0.161. The highest BCUT2D eigenvalue weighted by Crippen LogP contribution is 2.45. The number of phosphoric ester groups is 2. The molecule has 3 unspecified atom stereocenters. The van der Waals surface area contributed by atoms with Crippen molar-refractivity contribution in [3.8, 4) is 0 Å². The van der Waals surface area contributed by atoms with Crippen molar-refractivity contribution < 1.29 is 80.2 Å². The van der Waals surface area contributed by atoms with E-state index in [0.29, 0.717) is 31.6 Å². The van der Waals surface area contributed by atoms with E-state index in [0.717, 1.165) is 114 Å². The van der Waals surface area contributed by atoms with Crippen LogP contribution in [0.2, 0.25) is 0 Å². The maximum atomic E-state index is 13.1. The molecule has 19 heteroatoms. The molecule has 0 aromatic rings. The fourth-order valence-corrected chi connectivity index (χ4v) is 14.0. The van der Waals surface area contributed by atoms with E-state index in [2.05, 4.69) is 55.4 Å². The van der Waals surface area contributed by atoms with E-state index in [-0.39, 0.29) is 25.7 Å². The third-order valence-corrected chi connectivity index (χ3v) is 21.1. The Kier molecular flexibility index (Phi) is 68.7. The largest absolute Gasteiger partial charge is 0.472 e. The molecular formula is C81H158O17P2. The quantitative estimate of drug-likeness (QED) is 0.0222. The average molecular weight is 1470 g/mol. The van der Waals surface area contributed by atoms with E-state index in [4.69, 9.17) is 37.0 Å². The fourth-order valence-electron chi connectivity index (χ4n) is 12.4. The van der Waals surface area contributed by atoms with Gasteiger partial charge in [0.2, 0.25) is 0 Å². The second-order valence-electron chi connectivity index (χ2n) is 30.8. The first-order valence-electron chi connectivity index (χ1n) is 41.7. The highest BCUT2D eigenvalue weighted by molar-refractivity contribution is 7.47. The molecule has 0 spiro atoms. The second-order valence-corrected chi connectivity index (χ2v) is 33.7. The Morgan fingerprint density at radius 3 is 0.710 bits per heavy atom. The number of hydrogen-bond acceptors (Lipinski definition) is 15. The molecule has 0 aliphatic rings. The number of phosphoric acid groups is 2. The molecule has 0 rings (SSSR count). The molecule has 0 radical (unpaired) electrons. The number of carbonyl (C=O) groups is 4. The Morgan fingerprint density at radius 1 is 0.280 bits per heavy atom. The summed E-state index contributed by atoms with van der Waals surface area (Å²) in [4.78, 5) is 72.9. The second kappa shape index (κ2) is 70.1. The van der Waals surface area contributed by atoms with E-state index >= 15 is 0 Å². The van der Waals surface area contributed by atoms with Crippen LogP contribution in [0.3, 0.4) is 0 Å². The van der Waals surface area contributed by atoms with Crippen LogP contribution in [0.5, 0.6) is 0 Å².